The van der Waals surface area contributed by atoms with E-state index in [4.69, 9.17) is 0 Å². The first-order chi connectivity index (χ1) is 15.0. The molecule has 0 saturated heterocycles. The molecule has 0 aliphatic rings. The maximum Gasteiger partial charge on any atom is 0.256 e. The van der Waals surface area contributed by atoms with E-state index in [9.17, 15) is 9.59 Å². The SMILES string of the molecule is CC(C)n1cnnc1-c1cccc(NC(=O)c2cccc(C(=O)Nc3cncs3)c2)n1. The van der Waals surface area contributed by atoms with E-state index in [0.29, 0.717) is 33.5 Å². The third-order valence-corrected chi connectivity index (χ3v) is 5.09. The van der Waals surface area contributed by atoms with E-state index in [-0.39, 0.29) is 17.9 Å². The summed E-state index contributed by atoms with van der Waals surface area (Å²) >= 11 is 1.32. The van der Waals surface area contributed by atoms with Crippen LogP contribution in [0.2, 0.25) is 0 Å². The van der Waals surface area contributed by atoms with Gasteiger partial charge in [0.1, 0.15) is 22.8 Å². The topological polar surface area (TPSA) is 115 Å². The molecule has 0 unspecified atom stereocenters. The minimum Gasteiger partial charge on any atom is -0.312 e. The summed E-state index contributed by atoms with van der Waals surface area (Å²) in [4.78, 5) is 33.6. The lowest BCUT2D eigenvalue weighted by Crippen LogP contribution is -2.16. The first kappa shape index (κ1) is 20.4. The van der Waals surface area contributed by atoms with Crippen molar-refractivity contribution in [3.05, 3.63) is 71.6 Å². The highest BCUT2D eigenvalue weighted by Crippen LogP contribution is 2.20. The Morgan fingerprint density at radius 3 is 2.48 bits per heavy atom. The molecule has 0 radical (unpaired) electrons. The molecule has 4 aromatic rings. The number of rotatable bonds is 6. The second kappa shape index (κ2) is 8.84. The minimum absolute atomic E-state index is 0.170. The van der Waals surface area contributed by atoms with Gasteiger partial charge in [-0.3, -0.25) is 14.6 Å². The molecule has 0 aliphatic carbocycles. The number of anilines is 2. The Hall–Kier alpha value is -3.92. The van der Waals surface area contributed by atoms with E-state index in [1.807, 2.05) is 24.5 Å². The lowest BCUT2D eigenvalue weighted by atomic mass is 10.1. The molecule has 4 rings (SSSR count). The first-order valence-corrected chi connectivity index (χ1v) is 10.4. The Morgan fingerprint density at radius 2 is 1.77 bits per heavy atom. The summed E-state index contributed by atoms with van der Waals surface area (Å²) in [5, 5.41) is 14.3. The van der Waals surface area contributed by atoms with Crippen molar-refractivity contribution >= 4 is 34.0 Å². The monoisotopic (exact) mass is 433 g/mol. The molecule has 0 atom stereocenters. The Morgan fingerprint density at radius 1 is 1.03 bits per heavy atom. The molecule has 0 fully saturated rings. The zero-order valence-electron chi connectivity index (χ0n) is 16.8. The van der Waals surface area contributed by atoms with Crippen LogP contribution in [0.1, 0.15) is 40.6 Å². The number of nitrogens with one attached hydrogen (secondary N) is 2. The molecule has 0 saturated carbocycles. The molecule has 10 heteroatoms. The van der Waals surface area contributed by atoms with Crippen molar-refractivity contribution in [1.29, 1.82) is 0 Å². The van der Waals surface area contributed by atoms with Gasteiger partial charge in [-0.25, -0.2) is 4.98 Å². The maximum atomic E-state index is 12.8. The van der Waals surface area contributed by atoms with Crippen LogP contribution in [0, 0.1) is 0 Å². The summed E-state index contributed by atoms with van der Waals surface area (Å²) in [5.74, 6) is 0.308. The molecule has 31 heavy (non-hydrogen) atoms. The molecule has 156 valence electrons. The lowest BCUT2D eigenvalue weighted by Gasteiger charge is -2.11. The molecule has 0 spiro atoms. The number of thiazole rings is 1. The summed E-state index contributed by atoms with van der Waals surface area (Å²) < 4.78 is 1.90. The molecule has 3 heterocycles. The van der Waals surface area contributed by atoms with Gasteiger partial charge < -0.3 is 15.2 Å². The van der Waals surface area contributed by atoms with Crippen molar-refractivity contribution in [3.63, 3.8) is 0 Å². The number of carbonyl (C=O) groups is 2. The van der Waals surface area contributed by atoms with Crippen LogP contribution in [0.15, 0.2) is 60.5 Å². The summed E-state index contributed by atoms with van der Waals surface area (Å²) in [5.41, 5.74) is 2.94. The smallest absolute Gasteiger partial charge is 0.256 e. The number of hydrogen-bond donors (Lipinski definition) is 2. The predicted molar refractivity (Wildman–Crippen MR) is 118 cm³/mol. The van der Waals surface area contributed by atoms with E-state index < -0.39 is 0 Å². The largest absolute Gasteiger partial charge is 0.312 e. The zero-order valence-corrected chi connectivity index (χ0v) is 17.6. The van der Waals surface area contributed by atoms with Crippen LogP contribution in [-0.2, 0) is 0 Å². The zero-order chi connectivity index (χ0) is 21.8. The fourth-order valence-electron chi connectivity index (χ4n) is 2.88. The van der Waals surface area contributed by atoms with E-state index in [0.717, 1.165) is 0 Å². The van der Waals surface area contributed by atoms with Gasteiger partial charge in [-0.1, -0.05) is 12.1 Å². The van der Waals surface area contributed by atoms with Crippen LogP contribution in [-0.4, -0.2) is 36.5 Å². The number of pyridine rings is 1. The molecule has 1 aromatic carbocycles. The highest BCUT2D eigenvalue weighted by molar-refractivity contribution is 7.14. The molecule has 9 nitrogen and oxygen atoms in total. The van der Waals surface area contributed by atoms with Gasteiger partial charge in [0.05, 0.1) is 11.7 Å². The number of carbonyl (C=O) groups excluding carboxylic acids is 2. The number of amides is 2. The molecular weight excluding hydrogens is 414 g/mol. The van der Waals surface area contributed by atoms with Crippen LogP contribution in [0.3, 0.4) is 0 Å². The van der Waals surface area contributed by atoms with Crippen LogP contribution in [0.4, 0.5) is 10.8 Å². The van der Waals surface area contributed by atoms with Crippen molar-refractivity contribution in [2.24, 2.45) is 0 Å². The normalized spacial score (nSPS) is 10.8. The summed E-state index contributed by atoms with van der Waals surface area (Å²) in [7, 11) is 0. The van der Waals surface area contributed by atoms with Crippen molar-refractivity contribution in [1.82, 2.24) is 24.7 Å². The van der Waals surface area contributed by atoms with Gasteiger partial charge in [-0.2, -0.15) is 0 Å². The van der Waals surface area contributed by atoms with Gasteiger partial charge in [-0.15, -0.1) is 21.5 Å². The van der Waals surface area contributed by atoms with E-state index in [2.05, 4.69) is 30.8 Å². The number of benzene rings is 1. The van der Waals surface area contributed by atoms with E-state index in [1.165, 1.54) is 17.4 Å². The average molecular weight is 433 g/mol. The fourth-order valence-corrected chi connectivity index (χ4v) is 3.39. The summed E-state index contributed by atoms with van der Waals surface area (Å²) in [6.45, 7) is 4.05. The first-order valence-electron chi connectivity index (χ1n) is 9.49. The molecule has 3 aromatic heterocycles. The second-order valence-corrected chi connectivity index (χ2v) is 7.80. The third-order valence-electron chi connectivity index (χ3n) is 4.41. The maximum absolute atomic E-state index is 12.8. The van der Waals surface area contributed by atoms with Gasteiger partial charge in [0.25, 0.3) is 11.8 Å². The minimum atomic E-state index is -0.373. The molecule has 2 N–H and O–H groups in total. The van der Waals surface area contributed by atoms with Crippen molar-refractivity contribution in [2.45, 2.75) is 19.9 Å². The molecule has 0 bridgehead atoms. The Bertz CT molecular complexity index is 1220. The van der Waals surface area contributed by atoms with Crippen molar-refractivity contribution in [3.8, 4) is 11.5 Å². The number of hydrogen-bond acceptors (Lipinski definition) is 7. The molecule has 2 amide bonds. The van der Waals surface area contributed by atoms with Gasteiger partial charge in [-0.05, 0) is 44.2 Å². The van der Waals surface area contributed by atoms with Crippen LogP contribution in [0.25, 0.3) is 11.5 Å². The Balaban J connectivity index is 1.51. The summed E-state index contributed by atoms with van der Waals surface area (Å²) in [6, 6.07) is 11.9. The quantitative estimate of drug-likeness (QED) is 0.477. The highest BCUT2D eigenvalue weighted by Gasteiger charge is 2.14. The van der Waals surface area contributed by atoms with Gasteiger partial charge in [0.2, 0.25) is 0 Å². The third kappa shape index (κ3) is 4.64. The Kier molecular flexibility index (Phi) is 5.80. The van der Waals surface area contributed by atoms with Gasteiger partial charge in [0, 0.05) is 17.2 Å². The highest BCUT2D eigenvalue weighted by atomic mass is 32.1. The number of aromatic nitrogens is 5. The fraction of sp³-hybridized carbons (Fsp3) is 0.143. The van der Waals surface area contributed by atoms with Crippen molar-refractivity contribution in [2.75, 3.05) is 10.6 Å². The second-order valence-electron chi connectivity index (χ2n) is 6.92. The Labute approximate surface area is 182 Å². The van der Waals surface area contributed by atoms with Gasteiger partial charge >= 0.3 is 0 Å². The van der Waals surface area contributed by atoms with E-state index >= 15 is 0 Å². The predicted octanol–water partition coefficient (Wildman–Crippen LogP) is 3.88. The van der Waals surface area contributed by atoms with Crippen LogP contribution in [0.5, 0.6) is 0 Å². The lowest BCUT2D eigenvalue weighted by molar-refractivity contribution is 0.102. The van der Waals surface area contributed by atoms with E-state index in [1.54, 1.807) is 48.4 Å². The van der Waals surface area contributed by atoms with Crippen LogP contribution < -0.4 is 10.6 Å². The number of nitrogens with zero attached hydrogens (tertiary/aromatic N) is 5. The van der Waals surface area contributed by atoms with Crippen LogP contribution >= 0.6 is 11.3 Å². The average Bonchev–Trinajstić information content (AvgIpc) is 3.46. The van der Waals surface area contributed by atoms with Crippen molar-refractivity contribution < 1.29 is 9.59 Å². The molecular formula is C21H19N7O2S. The van der Waals surface area contributed by atoms with Gasteiger partial charge in [0.15, 0.2) is 5.82 Å². The standard InChI is InChI=1S/C21H19N7O2S/c1-13(2)28-11-23-27-19(28)16-7-4-8-17(24-16)25-20(29)14-5-3-6-15(9-14)21(30)26-18-10-22-12-31-18/h3-13H,1-2H3,(H,26,30)(H,24,25,29). The summed E-state index contributed by atoms with van der Waals surface area (Å²) in [6.07, 6.45) is 3.22. The molecule has 0 aliphatic heterocycles.